The number of anilines is 1. The van der Waals surface area contributed by atoms with Gasteiger partial charge in [0.2, 0.25) is 5.78 Å². The standard InChI is InChI=1S/C24H19N3O4S/c1-12-9-13(2)19-17(10-12)32-24(26-19)27-20(15-5-4-8-25-11-15)18(22(29)23(27)30)21(28)16-7-6-14(3)31-16/h4-11,20,29H,1-3H3/t20-/m1/s1. The van der Waals surface area contributed by atoms with Crippen molar-refractivity contribution in [2.75, 3.05) is 4.90 Å². The molecule has 0 unspecified atom stereocenters. The van der Waals surface area contributed by atoms with E-state index in [-0.39, 0.29) is 11.3 Å². The van der Waals surface area contributed by atoms with Crippen LogP contribution in [0.4, 0.5) is 5.13 Å². The number of nitrogens with zero attached hydrogens (tertiary/aromatic N) is 3. The van der Waals surface area contributed by atoms with E-state index in [0.29, 0.717) is 16.5 Å². The van der Waals surface area contributed by atoms with Crippen molar-refractivity contribution in [3.05, 3.63) is 88.3 Å². The summed E-state index contributed by atoms with van der Waals surface area (Å²) in [6, 6.07) is 9.84. The molecule has 1 aliphatic rings. The molecule has 1 aliphatic heterocycles. The van der Waals surface area contributed by atoms with E-state index in [2.05, 4.69) is 4.98 Å². The van der Waals surface area contributed by atoms with E-state index < -0.39 is 23.5 Å². The van der Waals surface area contributed by atoms with Gasteiger partial charge in [-0.1, -0.05) is 23.5 Å². The van der Waals surface area contributed by atoms with Gasteiger partial charge in [0.1, 0.15) is 5.76 Å². The molecule has 4 aromatic rings. The Kier molecular flexibility index (Phi) is 4.67. The number of aliphatic hydroxyl groups excluding tert-OH is 1. The fourth-order valence-corrected chi connectivity index (χ4v) is 5.21. The van der Waals surface area contributed by atoms with E-state index in [9.17, 15) is 14.7 Å². The number of amides is 1. The van der Waals surface area contributed by atoms with Gasteiger partial charge in [-0.3, -0.25) is 19.5 Å². The minimum atomic E-state index is -0.879. The Balaban J connectivity index is 1.69. The maximum atomic E-state index is 13.3. The summed E-state index contributed by atoms with van der Waals surface area (Å²) in [6.07, 6.45) is 3.18. The topological polar surface area (TPSA) is 96.5 Å². The summed E-state index contributed by atoms with van der Waals surface area (Å²) in [7, 11) is 0. The second kappa shape index (κ2) is 7.42. The Morgan fingerprint density at radius 2 is 2.00 bits per heavy atom. The molecule has 1 amide bonds. The molecule has 0 spiro atoms. The average Bonchev–Trinajstić information content (AvgIpc) is 3.45. The normalized spacial score (nSPS) is 16.4. The van der Waals surface area contributed by atoms with E-state index in [1.807, 2.05) is 26.0 Å². The fraction of sp³-hybridized carbons (Fsp3) is 0.167. The number of fused-ring (bicyclic) bond motifs is 1. The monoisotopic (exact) mass is 445 g/mol. The van der Waals surface area contributed by atoms with Crippen molar-refractivity contribution in [2.24, 2.45) is 0 Å². The number of ketones is 1. The van der Waals surface area contributed by atoms with Gasteiger partial charge in [-0.05, 0) is 61.7 Å². The summed E-state index contributed by atoms with van der Waals surface area (Å²) in [6.45, 7) is 5.69. The molecule has 1 aromatic carbocycles. The number of furan rings is 1. The number of carbonyl (C=O) groups is 2. The van der Waals surface area contributed by atoms with Gasteiger partial charge in [-0.2, -0.15) is 0 Å². The van der Waals surface area contributed by atoms with Crippen LogP contribution in [0.2, 0.25) is 0 Å². The quantitative estimate of drug-likeness (QED) is 0.445. The van der Waals surface area contributed by atoms with Crippen LogP contribution in [0.3, 0.4) is 0 Å². The highest BCUT2D eigenvalue weighted by atomic mass is 32.1. The Morgan fingerprint density at radius 3 is 2.69 bits per heavy atom. The van der Waals surface area contributed by atoms with Gasteiger partial charge in [0.25, 0.3) is 5.91 Å². The lowest BCUT2D eigenvalue weighted by molar-refractivity contribution is -0.117. The zero-order chi connectivity index (χ0) is 22.6. The number of Topliss-reactive ketones (excluding diaryl/α,β-unsaturated/α-hetero) is 1. The van der Waals surface area contributed by atoms with E-state index in [0.717, 1.165) is 21.3 Å². The zero-order valence-electron chi connectivity index (χ0n) is 17.6. The maximum absolute atomic E-state index is 13.3. The van der Waals surface area contributed by atoms with Crippen LogP contribution in [0.25, 0.3) is 10.2 Å². The van der Waals surface area contributed by atoms with Crippen LogP contribution in [-0.4, -0.2) is 26.8 Å². The molecule has 4 heterocycles. The Labute approximate surface area is 187 Å². The highest BCUT2D eigenvalue weighted by Gasteiger charge is 2.46. The van der Waals surface area contributed by atoms with E-state index in [1.54, 1.807) is 37.5 Å². The predicted octanol–water partition coefficient (Wildman–Crippen LogP) is 4.99. The van der Waals surface area contributed by atoms with Crippen molar-refractivity contribution in [2.45, 2.75) is 26.8 Å². The molecule has 160 valence electrons. The first-order valence-corrected chi connectivity index (χ1v) is 10.8. The van der Waals surface area contributed by atoms with Gasteiger partial charge < -0.3 is 9.52 Å². The van der Waals surface area contributed by atoms with Gasteiger partial charge in [-0.15, -0.1) is 0 Å². The Morgan fingerprint density at radius 1 is 1.19 bits per heavy atom. The number of hydrogen-bond acceptors (Lipinski definition) is 7. The number of hydrogen-bond donors (Lipinski definition) is 1. The molecule has 0 aliphatic carbocycles. The molecular weight excluding hydrogens is 426 g/mol. The van der Waals surface area contributed by atoms with E-state index in [1.165, 1.54) is 22.3 Å². The Bertz CT molecular complexity index is 1420. The highest BCUT2D eigenvalue weighted by Crippen LogP contribution is 2.44. The third-order valence-corrected chi connectivity index (χ3v) is 6.44. The number of carbonyl (C=O) groups excluding carboxylic acids is 2. The van der Waals surface area contributed by atoms with Gasteiger partial charge in [-0.25, -0.2) is 4.98 Å². The van der Waals surface area contributed by atoms with Gasteiger partial charge in [0.15, 0.2) is 16.7 Å². The first kappa shape index (κ1) is 20.1. The molecule has 5 rings (SSSR count). The molecule has 0 saturated carbocycles. The molecule has 1 N–H and O–H groups in total. The molecule has 0 radical (unpaired) electrons. The van der Waals surface area contributed by atoms with Crippen LogP contribution in [0.15, 0.2) is 64.5 Å². The number of pyridine rings is 1. The van der Waals surface area contributed by atoms with Crippen LogP contribution in [0, 0.1) is 20.8 Å². The van der Waals surface area contributed by atoms with Crippen LogP contribution in [0.5, 0.6) is 0 Å². The van der Waals surface area contributed by atoms with Gasteiger partial charge in [0, 0.05) is 12.4 Å². The molecule has 0 fully saturated rings. The number of thiazole rings is 1. The van der Waals surface area contributed by atoms with Crippen LogP contribution in [0.1, 0.15) is 39.0 Å². The lowest BCUT2D eigenvalue weighted by atomic mass is 9.96. The largest absolute Gasteiger partial charge is 0.503 e. The summed E-state index contributed by atoms with van der Waals surface area (Å²) in [5.41, 5.74) is 3.40. The van der Waals surface area contributed by atoms with Crippen molar-refractivity contribution in [3.8, 4) is 0 Å². The number of aromatic nitrogens is 2. The van der Waals surface area contributed by atoms with Crippen LogP contribution < -0.4 is 4.90 Å². The van der Waals surface area contributed by atoms with Crippen molar-refractivity contribution >= 4 is 38.4 Å². The third kappa shape index (κ3) is 3.11. The van der Waals surface area contributed by atoms with Gasteiger partial charge >= 0.3 is 0 Å². The fourth-order valence-electron chi connectivity index (χ4n) is 4.04. The molecule has 8 heteroatoms. The summed E-state index contributed by atoms with van der Waals surface area (Å²) in [4.78, 5) is 36.8. The lowest BCUT2D eigenvalue weighted by Gasteiger charge is -2.23. The average molecular weight is 446 g/mol. The first-order valence-electron chi connectivity index (χ1n) is 10.0. The van der Waals surface area contributed by atoms with Crippen molar-refractivity contribution in [1.29, 1.82) is 0 Å². The van der Waals surface area contributed by atoms with Gasteiger partial charge in [0.05, 0.1) is 21.8 Å². The highest BCUT2D eigenvalue weighted by molar-refractivity contribution is 7.22. The SMILES string of the molecule is Cc1cc(C)c2nc(N3C(=O)C(O)=C(C(=O)c4ccc(C)o4)[C@H]3c3cccnc3)sc2c1. The number of aryl methyl sites for hydroxylation is 3. The molecule has 7 nitrogen and oxygen atoms in total. The van der Waals surface area contributed by atoms with Crippen molar-refractivity contribution < 1.29 is 19.1 Å². The summed E-state index contributed by atoms with van der Waals surface area (Å²) >= 11 is 1.34. The summed E-state index contributed by atoms with van der Waals surface area (Å²) in [5, 5.41) is 11.2. The van der Waals surface area contributed by atoms with E-state index >= 15 is 0 Å². The zero-order valence-corrected chi connectivity index (χ0v) is 18.4. The molecule has 32 heavy (non-hydrogen) atoms. The molecular formula is C24H19N3O4S. The molecule has 0 bridgehead atoms. The minimum absolute atomic E-state index is 0.0514. The predicted molar refractivity (Wildman–Crippen MR) is 121 cm³/mol. The summed E-state index contributed by atoms with van der Waals surface area (Å²) < 4.78 is 6.42. The molecule has 3 aromatic heterocycles. The van der Waals surface area contributed by atoms with Crippen molar-refractivity contribution in [3.63, 3.8) is 0 Å². The first-order chi connectivity index (χ1) is 15.3. The minimum Gasteiger partial charge on any atom is -0.503 e. The smallest absolute Gasteiger partial charge is 0.296 e. The second-order valence-corrected chi connectivity index (χ2v) is 8.80. The third-order valence-electron chi connectivity index (χ3n) is 5.44. The van der Waals surface area contributed by atoms with E-state index in [4.69, 9.17) is 9.40 Å². The second-order valence-electron chi connectivity index (χ2n) is 7.79. The van der Waals surface area contributed by atoms with Crippen molar-refractivity contribution in [1.82, 2.24) is 9.97 Å². The number of aliphatic hydroxyl groups is 1. The lowest BCUT2D eigenvalue weighted by Crippen LogP contribution is -2.31. The molecule has 0 saturated heterocycles. The van der Waals surface area contributed by atoms with Crippen LogP contribution >= 0.6 is 11.3 Å². The number of benzene rings is 1. The maximum Gasteiger partial charge on any atom is 0.296 e. The number of rotatable bonds is 4. The summed E-state index contributed by atoms with van der Waals surface area (Å²) in [5.74, 6) is -1.22. The Hall–Kier alpha value is -3.78. The molecule has 1 atom stereocenters. The van der Waals surface area contributed by atoms with Crippen LogP contribution in [-0.2, 0) is 4.79 Å².